The lowest BCUT2D eigenvalue weighted by atomic mass is 10.0. The maximum absolute atomic E-state index is 11.8. The zero-order valence-corrected chi connectivity index (χ0v) is 12.5. The van der Waals surface area contributed by atoms with E-state index in [9.17, 15) is 4.79 Å². The molecular weight excluding hydrogens is 254 g/mol. The number of aliphatic imine (C=N–C) groups is 1. The molecule has 0 aliphatic heterocycles. The molecule has 0 unspecified atom stereocenters. The van der Waals surface area contributed by atoms with E-state index in [2.05, 4.69) is 42.8 Å². The molecule has 102 valence electrons. The molecule has 0 aromatic heterocycles. The lowest BCUT2D eigenvalue weighted by Gasteiger charge is -2.03. The van der Waals surface area contributed by atoms with E-state index in [1.54, 1.807) is 0 Å². The summed E-state index contributed by atoms with van der Waals surface area (Å²) in [4.78, 5) is 15.8. The fourth-order valence-electron chi connectivity index (χ4n) is 1.80. The normalized spacial score (nSPS) is 11.4. The smallest absolute Gasteiger partial charge is 0.187 e. The molecule has 3 heteroatoms. The van der Waals surface area contributed by atoms with E-state index < -0.39 is 0 Å². The molecule has 0 aliphatic carbocycles. The number of ketones is 1. The Hall–Kier alpha value is -1.35. The van der Waals surface area contributed by atoms with E-state index in [0.29, 0.717) is 11.5 Å². The summed E-state index contributed by atoms with van der Waals surface area (Å²) in [6, 6.07) is 8.57. The Morgan fingerprint density at radius 2 is 2.00 bits per heavy atom. The Morgan fingerprint density at radius 1 is 1.32 bits per heavy atom. The van der Waals surface area contributed by atoms with E-state index in [4.69, 9.17) is 0 Å². The molecule has 0 amide bonds. The first kappa shape index (κ1) is 15.7. The van der Waals surface area contributed by atoms with Gasteiger partial charge in [-0.05, 0) is 38.0 Å². The lowest BCUT2D eigenvalue weighted by Crippen LogP contribution is -2.09. The molecule has 1 aromatic carbocycles. The molecular formula is C16H21NOS. The van der Waals surface area contributed by atoms with Crippen molar-refractivity contribution < 1.29 is 4.79 Å². The van der Waals surface area contributed by atoms with Crippen LogP contribution < -0.4 is 0 Å². The number of nitrogens with zero attached hydrogens (tertiary/aromatic N) is 1. The number of Topliss-reactive ketones (excluding diaryl/α,β-unsaturated/α-hetero) is 1. The highest BCUT2D eigenvalue weighted by Crippen LogP contribution is 2.10. The predicted octanol–water partition coefficient (Wildman–Crippen LogP) is 4.18. The van der Waals surface area contributed by atoms with E-state index in [1.165, 1.54) is 29.1 Å². The molecule has 0 aliphatic rings. The van der Waals surface area contributed by atoms with E-state index in [1.807, 2.05) is 6.26 Å². The predicted molar refractivity (Wildman–Crippen MR) is 84.9 cm³/mol. The van der Waals surface area contributed by atoms with Gasteiger partial charge in [0, 0.05) is 12.6 Å². The Morgan fingerprint density at radius 3 is 2.58 bits per heavy atom. The minimum Gasteiger partial charge on any atom is -0.292 e. The van der Waals surface area contributed by atoms with Gasteiger partial charge in [-0.2, -0.15) is 0 Å². The molecule has 0 saturated carbocycles. The molecule has 0 saturated heterocycles. The van der Waals surface area contributed by atoms with Gasteiger partial charge in [-0.25, -0.2) is 4.99 Å². The summed E-state index contributed by atoms with van der Waals surface area (Å²) in [6.07, 6.45) is 6.83. The topological polar surface area (TPSA) is 29.4 Å². The van der Waals surface area contributed by atoms with Crippen LogP contribution in [0.25, 0.3) is 0 Å². The number of aryl methyl sites for hydroxylation is 2. The molecule has 0 bridgehead atoms. The molecule has 0 spiro atoms. The zero-order valence-electron chi connectivity index (χ0n) is 11.7. The maximum atomic E-state index is 11.8. The van der Waals surface area contributed by atoms with Crippen molar-refractivity contribution in [1.82, 2.24) is 0 Å². The van der Waals surface area contributed by atoms with Crippen molar-refractivity contribution in [3.05, 3.63) is 48.2 Å². The second-order valence-electron chi connectivity index (χ2n) is 4.44. The Labute approximate surface area is 120 Å². The van der Waals surface area contributed by atoms with Gasteiger partial charge < -0.3 is 0 Å². The van der Waals surface area contributed by atoms with Crippen molar-refractivity contribution in [3.63, 3.8) is 0 Å². The molecule has 2 nitrogen and oxygen atoms in total. The van der Waals surface area contributed by atoms with Crippen molar-refractivity contribution in [2.75, 3.05) is 6.26 Å². The summed E-state index contributed by atoms with van der Waals surface area (Å²) in [5, 5.41) is 0.560. The van der Waals surface area contributed by atoms with Gasteiger partial charge in [-0.15, -0.1) is 11.8 Å². The minimum absolute atomic E-state index is 0.122. The average molecular weight is 275 g/mol. The van der Waals surface area contributed by atoms with E-state index in [-0.39, 0.29) is 5.78 Å². The first-order valence-corrected chi connectivity index (χ1v) is 7.71. The summed E-state index contributed by atoms with van der Waals surface area (Å²) in [5.41, 5.74) is 2.62. The minimum atomic E-state index is 0.122. The van der Waals surface area contributed by atoms with Gasteiger partial charge >= 0.3 is 0 Å². The second kappa shape index (κ2) is 8.70. The van der Waals surface area contributed by atoms with Crippen molar-refractivity contribution in [2.24, 2.45) is 4.99 Å². The van der Waals surface area contributed by atoms with Gasteiger partial charge in [-0.3, -0.25) is 4.79 Å². The Bertz CT molecular complexity index is 448. The van der Waals surface area contributed by atoms with Crippen LogP contribution in [0, 0.1) is 6.92 Å². The lowest BCUT2D eigenvalue weighted by molar-refractivity contribution is -0.112. The van der Waals surface area contributed by atoms with Gasteiger partial charge in [0.15, 0.2) is 5.78 Å². The van der Waals surface area contributed by atoms with Crippen LogP contribution in [0.15, 0.2) is 42.0 Å². The third kappa shape index (κ3) is 5.88. The summed E-state index contributed by atoms with van der Waals surface area (Å²) >= 11 is 1.39. The molecule has 19 heavy (non-hydrogen) atoms. The third-order valence-electron chi connectivity index (χ3n) is 2.88. The molecule has 0 atom stereocenters. The van der Waals surface area contributed by atoms with Gasteiger partial charge in [0.25, 0.3) is 0 Å². The van der Waals surface area contributed by atoms with Crippen molar-refractivity contribution >= 4 is 22.6 Å². The van der Waals surface area contributed by atoms with Gasteiger partial charge in [0.1, 0.15) is 5.04 Å². The van der Waals surface area contributed by atoms with E-state index in [0.717, 1.165) is 19.3 Å². The van der Waals surface area contributed by atoms with Crippen molar-refractivity contribution in [2.45, 2.75) is 32.6 Å². The monoisotopic (exact) mass is 275 g/mol. The van der Waals surface area contributed by atoms with E-state index >= 15 is 0 Å². The highest BCUT2D eigenvalue weighted by molar-refractivity contribution is 8.15. The Balaban J connectivity index is 2.31. The summed E-state index contributed by atoms with van der Waals surface area (Å²) in [5.74, 6) is 0.122. The van der Waals surface area contributed by atoms with Crippen LogP contribution in [-0.2, 0) is 11.2 Å². The third-order valence-corrected chi connectivity index (χ3v) is 3.60. The average Bonchev–Trinajstić information content (AvgIpc) is 2.42. The number of benzene rings is 1. The quantitative estimate of drug-likeness (QED) is 0.424. The number of hydrogen-bond acceptors (Lipinski definition) is 3. The summed E-state index contributed by atoms with van der Waals surface area (Å²) in [7, 11) is 0. The number of hydrogen-bond donors (Lipinski definition) is 0. The molecule has 0 fully saturated rings. The molecule has 0 radical (unpaired) electrons. The first-order valence-electron chi connectivity index (χ1n) is 6.49. The molecule has 1 aromatic rings. The van der Waals surface area contributed by atoms with Gasteiger partial charge in [-0.1, -0.05) is 36.4 Å². The van der Waals surface area contributed by atoms with Crippen LogP contribution in [-0.4, -0.2) is 17.1 Å². The SMILES string of the molecule is C=CN=C(SC)C(=O)CCCCc1ccc(C)cc1. The second-order valence-corrected chi connectivity index (χ2v) is 5.23. The maximum Gasteiger partial charge on any atom is 0.187 e. The van der Waals surface area contributed by atoms with Crippen molar-refractivity contribution in [3.8, 4) is 0 Å². The number of unbranched alkanes of at least 4 members (excludes halogenated alkanes) is 1. The van der Waals surface area contributed by atoms with Gasteiger partial charge in [0.2, 0.25) is 0 Å². The first-order chi connectivity index (χ1) is 9.17. The highest BCUT2D eigenvalue weighted by atomic mass is 32.2. The Kier molecular flexibility index (Phi) is 7.19. The number of thioether (sulfide) groups is 1. The highest BCUT2D eigenvalue weighted by Gasteiger charge is 2.08. The molecule has 1 rings (SSSR count). The molecule has 0 heterocycles. The van der Waals surface area contributed by atoms with Crippen LogP contribution in [0.2, 0.25) is 0 Å². The number of carbonyl (C=O) groups excluding carboxylic acids is 1. The van der Waals surface area contributed by atoms with Gasteiger partial charge in [0.05, 0.1) is 0 Å². The van der Waals surface area contributed by atoms with Crippen LogP contribution in [0.3, 0.4) is 0 Å². The van der Waals surface area contributed by atoms with Crippen LogP contribution in [0.5, 0.6) is 0 Å². The summed E-state index contributed by atoms with van der Waals surface area (Å²) < 4.78 is 0. The largest absolute Gasteiger partial charge is 0.292 e. The fourth-order valence-corrected chi connectivity index (χ4v) is 2.31. The molecule has 0 N–H and O–H groups in total. The zero-order chi connectivity index (χ0) is 14.1. The fraction of sp³-hybridized carbons (Fsp3) is 0.375. The standard InChI is InChI=1S/C16H21NOS/c1-4-17-16(19-3)15(18)8-6-5-7-14-11-9-13(2)10-12-14/h4,9-12H,1,5-8H2,2-3H3. The van der Waals surface area contributed by atoms with Crippen molar-refractivity contribution in [1.29, 1.82) is 0 Å². The van der Waals surface area contributed by atoms with Crippen LogP contribution in [0.1, 0.15) is 30.4 Å². The van der Waals surface area contributed by atoms with Crippen LogP contribution in [0.4, 0.5) is 0 Å². The number of rotatable bonds is 7. The number of carbonyl (C=O) groups is 1. The summed E-state index contributed by atoms with van der Waals surface area (Å²) in [6.45, 7) is 5.61. The van der Waals surface area contributed by atoms with Crippen LogP contribution >= 0.6 is 11.8 Å².